The summed E-state index contributed by atoms with van der Waals surface area (Å²) < 4.78 is 14.8. The molecule has 1 aromatic heterocycles. The number of phenols is 1. The van der Waals surface area contributed by atoms with Crippen molar-refractivity contribution < 1.29 is 24.5 Å². The monoisotopic (exact) mass is 623 g/mol. The van der Waals surface area contributed by atoms with Gasteiger partial charge in [-0.25, -0.2) is 0 Å². The number of ether oxygens (including phenoxy) is 2. The number of nitrogens with zero attached hydrogens (tertiary/aromatic N) is 4. The molecule has 1 saturated heterocycles. The van der Waals surface area contributed by atoms with Crippen LogP contribution in [0.1, 0.15) is 51.9 Å². The lowest BCUT2D eigenvalue weighted by molar-refractivity contribution is -0.268. The van der Waals surface area contributed by atoms with Gasteiger partial charge in [-0.3, -0.25) is 4.79 Å². The molecule has 0 aliphatic carbocycles. The van der Waals surface area contributed by atoms with E-state index in [2.05, 4.69) is 27.8 Å². The molecule has 0 spiro atoms. The molecule has 6 rings (SSSR count). The summed E-state index contributed by atoms with van der Waals surface area (Å²) in [6, 6.07) is 31.5. The highest BCUT2D eigenvalue weighted by Crippen LogP contribution is 2.43. The van der Waals surface area contributed by atoms with E-state index in [4.69, 9.17) is 9.47 Å². The van der Waals surface area contributed by atoms with Crippen molar-refractivity contribution in [3.8, 4) is 11.4 Å². The summed E-state index contributed by atoms with van der Waals surface area (Å²) in [4.78, 5) is 12.5. The summed E-state index contributed by atoms with van der Waals surface area (Å²) in [7, 11) is 0. The standard InChI is InChI=1S/C34H33N5O5S/c1-22-30(21-45-34-36-37-38-39(34)28-15-17-29(41)18-16-28)43-33(44-31(22)25-11-9-24(20-40)10-12-25)27-13-7-23(8-14-27)19-35-32(42)26-5-3-2-4-6-26/h2-18,22,30-31,33,40-41H,19-21H2,1H3,(H,35,42)/t22-,30+,31+,33+/m0/s1. The van der Waals surface area contributed by atoms with Crippen molar-refractivity contribution in [1.29, 1.82) is 0 Å². The van der Waals surface area contributed by atoms with E-state index in [0.717, 1.165) is 27.9 Å². The van der Waals surface area contributed by atoms with Gasteiger partial charge in [0.25, 0.3) is 5.91 Å². The fourth-order valence-corrected chi connectivity index (χ4v) is 6.21. The molecular formula is C34H33N5O5S. The Balaban J connectivity index is 1.18. The van der Waals surface area contributed by atoms with Gasteiger partial charge in [-0.2, -0.15) is 4.68 Å². The second kappa shape index (κ2) is 14.0. The Morgan fingerprint density at radius 1 is 0.889 bits per heavy atom. The van der Waals surface area contributed by atoms with E-state index in [1.54, 1.807) is 41.1 Å². The van der Waals surface area contributed by atoms with E-state index in [9.17, 15) is 15.0 Å². The summed E-state index contributed by atoms with van der Waals surface area (Å²) in [5.74, 6) is 0.590. The predicted octanol–water partition coefficient (Wildman–Crippen LogP) is 5.37. The number of aromatic nitrogens is 4. The fraction of sp³-hybridized carbons (Fsp3) is 0.235. The second-order valence-electron chi connectivity index (χ2n) is 10.8. The molecule has 1 aliphatic heterocycles. The molecule has 45 heavy (non-hydrogen) atoms. The van der Waals surface area contributed by atoms with E-state index >= 15 is 0 Å². The lowest BCUT2D eigenvalue weighted by Crippen LogP contribution is -2.38. The topological polar surface area (TPSA) is 132 Å². The minimum atomic E-state index is -0.629. The summed E-state index contributed by atoms with van der Waals surface area (Å²) >= 11 is 1.48. The van der Waals surface area contributed by atoms with Crippen LogP contribution >= 0.6 is 11.8 Å². The highest BCUT2D eigenvalue weighted by Gasteiger charge is 2.38. The normalized spacial score (nSPS) is 19.7. The molecule has 1 amide bonds. The van der Waals surface area contributed by atoms with Gasteiger partial charge in [0.15, 0.2) is 6.29 Å². The Morgan fingerprint density at radius 3 is 2.29 bits per heavy atom. The third kappa shape index (κ3) is 7.23. The fourth-order valence-electron chi connectivity index (χ4n) is 5.16. The minimum absolute atomic E-state index is 0.0146. The van der Waals surface area contributed by atoms with E-state index < -0.39 is 6.29 Å². The lowest BCUT2D eigenvalue weighted by Gasteiger charge is -2.41. The van der Waals surface area contributed by atoms with Gasteiger partial charge in [0.05, 0.1) is 24.5 Å². The maximum atomic E-state index is 12.5. The number of aromatic hydroxyl groups is 1. The number of tetrazole rings is 1. The largest absolute Gasteiger partial charge is 0.508 e. The zero-order valence-corrected chi connectivity index (χ0v) is 25.4. The van der Waals surface area contributed by atoms with E-state index in [0.29, 0.717) is 23.0 Å². The molecule has 5 aromatic rings. The van der Waals surface area contributed by atoms with Crippen molar-refractivity contribution in [2.24, 2.45) is 5.92 Å². The van der Waals surface area contributed by atoms with Crippen LogP contribution in [0, 0.1) is 5.92 Å². The first-order chi connectivity index (χ1) is 22.0. The molecule has 230 valence electrons. The Kier molecular flexibility index (Phi) is 9.51. The molecule has 4 aromatic carbocycles. The van der Waals surface area contributed by atoms with Gasteiger partial charge in [0.1, 0.15) is 5.75 Å². The number of thioether (sulfide) groups is 1. The Hall–Kier alpha value is -4.55. The smallest absolute Gasteiger partial charge is 0.251 e. The molecular weight excluding hydrogens is 590 g/mol. The number of carbonyl (C=O) groups is 1. The number of benzene rings is 4. The summed E-state index contributed by atoms with van der Waals surface area (Å²) in [6.07, 6.45) is -1.11. The molecule has 1 aliphatic rings. The average molecular weight is 624 g/mol. The molecule has 10 nitrogen and oxygen atoms in total. The number of phenolic OH excluding ortho intramolecular Hbond substituents is 1. The second-order valence-corrected chi connectivity index (χ2v) is 11.8. The van der Waals surface area contributed by atoms with Gasteiger partial charge in [-0.15, -0.1) is 5.10 Å². The number of amides is 1. The molecule has 0 saturated carbocycles. The van der Waals surface area contributed by atoms with E-state index in [1.807, 2.05) is 66.7 Å². The SMILES string of the molecule is C[C@H]1[C@@H](CSc2nnnn2-c2ccc(O)cc2)O[C@@H](c2ccc(CNC(=O)c3ccccc3)cc2)O[C@H]1c1ccc(CO)cc1. The third-order valence-electron chi connectivity index (χ3n) is 7.78. The van der Waals surface area contributed by atoms with Crippen LogP contribution in [-0.4, -0.2) is 48.2 Å². The molecule has 1 fully saturated rings. The minimum Gasteiger partial charge on any atom is -0.508 e. The molecule has 3 N–H and O–H groups in total. The van der Waals surface area contributed by atoms with E-state index in [1.165, 1.54) is 11.8 Å². The first kappa shape index (κ1) is 30.5. The molecule has 11 heteroatoms. The Morgan fingerprint density at radius 2 is 1.58 bits per heavy atom. The number of hydrogen-bond acceptors (Lipinski definition) is 9. The van der Waals surface area contributed by atoms with Crippen molar-refractivity contribution in [1.82, 2.24) is 25.5 Å². The van der Waals surface area contributed by atoms with Crippen LogP contribution in [-0.2, 0) is 22.6 Å². The van der Waals surface area contributed by atoms with Gasteiger partial charge >= 0.3 is 0 Å². The van der Waals surface area contributed by atoms with Gasteiger partial charge in [-0.1, -0.05) is 85.4 Å². The zero-order chi connectivity index (χ0) is 31.2. The quantitative estimate of drug-likeness (QED) is 0.176. The van der Waals surface area contributed by atoms with Crippen LogP contribution in [0.25, 0.3) is 5.69 Å². The number of rotatable bonds is 10. The molecule has 2 heterocycles. The summed E-state index contributed by atoms with van der Waals surface area (Å²) in [5, 5.41) is 35.0. The maximum absolute atomic E-state index is 12.5. The van der Waals surface area contributed by atoms with Crippen molar-refractivity contribution in [3.05, 3.63) is 131 Å². The van der Waals surface area contributed by atoms with Crippen LogP contribution < -0.4 is 5.32 Å². The summed E-state index contributed by atoms with van der Waals surface area (Å²) in [6.45, 7) is 2.47. The van der Waals surface area contributed by atoms with Crippen LogP contribution in [0.4, 0.5) is 0 Å². The molecule has 4 atom stereocenters. The van der Waals surface area contributed by atoms with Crippen molar-refractivity contribution >= 4 is 17.7 Å². The first-order valence-corrected chi connectivity index (χ1v) is 15.6. The number of hydrogen-bond donors (Lipinski definition) is 3. The van der Waals surface area contributed by atoms with Crippen molar-refractivity contribution in [2.45, 2.75) is 43.7 Å². The molecule has 0 bridgehead atoms. The lowest BCUT2D eigenvalue weighted by atomic mass is 9.91. The predicted molar refractivity (Wildman–Crippen MR) is 169 cm³/mol. The van der Waals surface area contributed by atoms with Crippen molar-refractivity contribution in [3.63, 3.8) is 0 Å². The van der Waals surface area contributed by atoms with Crippen LogP contribution in [0.15, 0.2) is 108 Å². The van der Waals surface area contributed by atoms with Crippen LogP contribution in [0.3, 0.4) is 0 Å². The Bertz CT molecular complexity index is 1700. The first-order valence-electron chi connectivity index (χ1n) is 14.6. The molecule has 0 radical (unpaired) electrons. The average Bonchev–Trinajstić information content (AvgIpc) is 3.56. The van der Waals surface area contributed by atoms with Gasteiger partial charge in [0, 0.05) is 29.3 Å². The number of aliphatic hydroxyl groups is 1. The van der Waals surface area contributed by atoms with Crippen LogP contribution in [0.5, 0.6) is 5.75 Å². The maximum Gasteiger partial charge on any atom is 0.251 e. The number of carbonyl (C=O) groups excluding carboxylic acids is 1. The van der Waals surface area contributed by atoms with Gasteiger partial charge in [0.2, 0.25) is 5.16 Å². The number of aliphatic hydroxyl groups excluding tert-OH is 1. The highest BCUT2D eigenvalue weighted by molar-refractivity contribution is 7.99. The summed E-state index contributed by atoms with van der Waals surface area (Å²) in [5.41, 5.74) is 5.00. The Labute approximate surface area is 265 Å². The van der Waals surface area contributed by atoms with Crippen LogP contribution in [0.2, 0.25) is 0 Å². The molecule has 0 unspecified atom stereocenters. The van der Waals surface area contributed by atoms with Gasteiger partial charge in [-0.05, 0) is 63.5 Å². The third-order valence-corrected chi connectivity index (χ3v) is 8.78. The zero-order valence-electron chi connectivity index (χ0n) is 24.6. The van der Waals surface area contributed by atoms with Crippen molar-refractivity contribution in [2.75, 3.05) is 5.75 Å². The van der Waals surface area contributed by atoms with E-state index in [-0.39, 0.29) is 36.4 Å². The number of nitrogens with one attached hydrogen (secondary N) is 1. The highest BCUT2D eigenvalue weighted by atomic mass is 32.2. The van der Waals surface area contributed by atoms with Gasteiger partial charge < -0.3 is 25.0 Å².